The monoisotopic (exact) mass is 183 g/mol. The van der Waals surface area contributed by atoms with E-state index < -0.39 is 5.54 Å². The summed E-state index contributed by atoms with van der Waals surface area (Å²) in [4.78, 5) is 3.96. The van der Waals surface area contributed by atoms with Crippen LogP contribution >= 0.6 is 0 Å². The summed E-state index contributed by atoms with van der Waals surface area (Å²) in [5, 5.41) is 3.75. The molecule has 1 aromatic rings. The first-order valence-corrected chi connectivity index (χ1v) is 4.58. The minimum Gasteiger partial charge on any atom is -0.343 e. The summed E-state index contributed by atoms with van der Waals surface area (Å²) in [5.74, 6) is 1.24. The van der Waals surface area contributed by atoms with Crippen LogP contribution in [0.2, 0.25) is 0 Å². The van der Waals surface area contributed by atoms with Crippen molar-refractivity contribution in [3.05, 3.63) is 12.2 Å². The molecule has 0 aromatic carbocycles. The van der Waals surface area contributed by atoms with Crippen molar-refractivity contribution in [1.82, 2.24) is 10.1 Å². The molecular weight excluding hydrogens is 166 g/mol. The average molecular weight is 183 g/mol. The molecule has 0 saturated heterocycles. The largest absolute Gasteiger partial charge is 0.343 e. The maximum Gasteiger partial charge on any atom is 0.213 e. The molecule has 0 aliphatic rings. The van der Waals surface area contributed by atoms with Crippen molar-refractivity contribution in [3.63, 3.8) is 0 Å². The van der Waals surface area contributed by atoms with Crippen LogP contribution < -0.4 is 5.73 Å². The summed E-state index contributed by atoms with van der Waals surface area (Å²) in [6.45, 7) is 6.28. The highest BCUT2D eigenvalue weighted by Crippen LogP contribution is 2.21. The summed E-state index contributed by atoms with van der Waals surface area (Å²) in [6.07, 6.45) is 3.27. The molecule has 0 radical (unpaired) electrons. The van der Waals surface area contributed by atoms with Gasteiger partial charge in [0, 0.05) is 0 Å². The summed E-state index contributed by atoms with van der Waals surface area (Å²) < 4.78 is 4.67. The number of rotatable bonds is 4. The van der Waals surface area contributed by atoms with Gasteiger partial charge in [-0.2, -0.15) is 4.98 Å². The number of hydrogen-bond acceptors (Lipinski definition) is 4. The zero-order valence-corrected chi connectivity index (χ0v) is 8.45. The Morgan fingerprint density at radius 1 is 1.62 bits per heavy atom. The molecule has 4 nitrogen and oxygen atoms in total. The van der Waals surface area contributed by atoms with Crippen molar-refractivity contribution in [3.8, 4) is 0 Å². The second-order valence-electron chi connectivity index (χ2n) is 4.10. The van der Waals surface area contributed by atoms with Crippen molar-refractivity contribution < 1.29 is 4.52 Å². The van der Waals surface area contributed by atoms with E-state index in [2.05, 4.69) is 28.5 Å². The minimum absolute atomic E-state index is 0.461. The van der Waals surface area contributed by atoms with E-state index in [1.54, 1.807) is 0 Å². The van der Waals surface area contributed by atoms with Gasteiger partial charge in [0.05, 0.1) is 5.54 Å². The molecule has 0 fully saturated rings. The molecule has 0 aliphatic carbocycles. The molecule has 74 valence electrons. The van der Waals surface area contributed by atoms with E-state index in [4.69, 9.17) is 5.73 Å². The van der Waals surface area contributed by atoms with E-state index in [1.807, 2.05) is 6.92 Å². The molecule has 0 amide bonds. The fraction of sp³-hybridized carbons (Fsp3) is 0.778. The molecule has 1 atom stereocenters. The van der Waals surface area contributed by atoms with Gasteiger partial charge in [-0.25, -0.2) is 0 Å². The SMILES string of the molecule is CC(C)CCC(C)(N)c1ncon1. The van der Waals surface area contributed by atoms with Gasteiger partial charge in [0.25, 0.3) is 0 Å². The van der Waals surface area contributed by atoms with Crippen LogP contribution in [0.4, 0.5) is 0 Å². The number of nitrogens with zero attached hydrogens (tertiary/aromatic N) is 2. The van der Waals surface area contributed by atoms with Gasteiger partial charge >= 0.3 is 0 Å². The summed E-state index contributed by atoms with van der Waals surface area (Å²) in [5.41, 5.74) is 5.58. The molecule has 0 saturated carbocycles. The lowest BCUT2D eigenvalue weighted by molar-refractivity contribution is 0.346. The van der Waals surface area contributed by atoms with E-state index in [0.717, 1.165) is 12.8 Å². The van der Waals surface area contributed by atoms with Crippen molar-refractivity contribution in [1.29, 1.82) is 0 Å². The summed E-state index contributed by atoms with van der Waals surface area (Å²) in [7, 11) is 0. The Morgan fingerprint density at radius 3 is 2.77 bits per heavy atom. The van der Waals surface area contributed by atoms with Gasteiger partial charge in [0.1, 0.15) is 0 Å². The third-order valence-electron chi connectivity index (χ3n) is 2.11. The predicted molar refractivity (Wildman–Crippen MR) is 49.9 cm³/mol. The minimum atomic E-state index is -0.461. The van der Waals surface area contributed by atoms with Crippen LogP contribution in [0, 0.1) is 5.92 Å². The van der Waals surface area contributed by atoms with Crippen molar-refractivity contribution in [2.75, 3.05) is 0 Å². The van der Waals surface area contributed by atoms with E-state index in [9.17, 15) is 0 Å². The molecule has 13 heavy (non-hydrogen) atoms. The van der Waals surface area contributed by atoms with Crippen LogP contribution in [0.15, 0.2) is 10.9 Å². The Morgan fingerprint density at radius 2 is 2.31 bits per heavy atom. The first kappa shape index (κ1) is 10.2. The quantitative estimate of drug-likeness (QED) is 0.771. The number of nitrogens with two attached hydrogens (primary N) is 1. The highest BCUT2D eigenvalue weighted by atomic mass is 16.5. The van der Waals surface area contributed by atoms with Gasteiger partial charge < -0.3 is 10.3 Å². The molecule has 4 heteroatoms. The maximum absolute atomic E-state index is 6.05. The molecule has 0 bridgehead atoms. The normalized spacial score (nSPS) is 16.1. The van der Waals surface area contributed by atoms with Gasteiger partial charge in [-0.3, -0.25) is 0 Å². The van der Waals surface area contributed by atoms with Crippen molar-refractivity contribution in [2.45, 2.75) is 39.2 Å². The molecule has 1 heterocycles. The fourth-order valence-corrected chi connectivity index (χ4v) is 1.12. The third-order valence-corrected chi connectivity index (χ3v) is 2.11. The maximum atomic E-state index is 6.05. The summed E-state index contributed by atoms with van der Waals surface area (Å²) >= 11 is 0. The molecule has 0 spiro atoms. The number of hydrogen-bond donors (Lipinski definition) is 1. The first-order valence-electron chi connectivity index (χ1n) is 4.58. The smallest absolute Gasteiger partial charge is 0.213 e. The van der Waals surface area contributed by atoms with Gasteiger partial charge in [0.2, 0.25) is 6.39 Å². The Hall–Kier alpha value is -0.900. The highest BCUT2D eigenvalue weighted by molar-refractivity contribution is 4.98. The summed E-state index contributed by atoms with van der Waals surface area (Å²) in [6, 6.07) is 0. The lowest BCUT2D eigenvalue weighted by atomic mass is 9.92. The Balaban J connectivity index is 2.56. The van der Waals surface area contributed by atoms with Crippen molar-refractivity contribution in [2.24, 2.45) is 11.7 Å². The lowest BCUT2D eigenvalue weighted by Crippen LogP contribution is -2.34. The fourth-order valence-electron chi connectivity index (χ4n) is 1.12. The van der Waals surface area contributed by atoms with Crippen LogP contribution in [0.1, 0.15) is 39.4 Å². The topological polar surface area (TPSA) is 64.9 Å². The Bertz CT molecular complexity index is 241. The molecule has 1 rings (SSSR count). The highest BCUT2D eigenvalue weighted by Gasteiger charge is 2.25. The molecule has 1 unspecified atom stereocenters. The molecule has 2 N–H and O–H groups in total. The Kier molecular flexibility index (Phi) is 3.03. The second kappa shape index (κ2) is 3.87. The van der Waals surface area contributed by atoms with Crippen LogP contribution in [0.5, 0.6) is 0 Å². The van der Waals surface area contributed by atoms with Gasteiger partial charge in [0.15, 0.2) is 5.82 Å². The van der Waals surface area contributed by atoms with Crippen LogP contribution in [-0.2, 0) is 5.54 Å². The van der Waals surface area contributed by atoms with Gasteiger partial charge in [-0.15, -0.1) is 0 Å². The van der Waals surface area contributed by atoms with Crippen LogP contribution in [-0.4, -0.2) is 10.1 Å². The zero-order valence-electron chi connectivity index (χ0n) is 8.45. The van der Waals surface area contributed by atoms with E-state index in [0.29, 0.717) is 11.7 Å². The molecule has 1 aromatic heterocycles. The lowest BCUT2D eigenvalue weighted by Gasteiger charge is -2.21. The van der Waals surface area contributed by atoms with Crippen LogP contribution in [0.3, 0.4) is 0 Å². The predicted octanol–water partition coefficient (Wildman–Crippen LogP) is 1.68. The third kappa shape index (κ3) is 2.81. The molecular formula is C9H17N3O. The van der Waals surface area contributed by atoms with Gasteiger partial charge in [-0.1, -0.05) is 19.0 Å². The van der Waals surface area contributed by atoms with Gasteiger partial charge in [-0.05, 0) is 25.7 Å². The standard InChI is InChI=1S/C9H17N3O/c1-7(2)4-5-9(3,10)8-11-6-13-12-8/h6-7H,4-5,10H2,1-3H3. The second-order valence-corrected chi connectivity index (χ2v) is 4.10. The van der Waals surface area contributed by atoms with E-state index >= 15 is 0 Å². The zero-order chi connectivity index (χ0) is 9.90. The van der Waals surface area contributed by atoms with E-state index in [-0.39, 0.29) is 0 Å². The average Bonchev–Trinajstić information content (AvgIpc) is 2.53. The first-order chi connectivity index (χ1) is 6.02. The van der Waals surface area contributed by atoms with Crippen molar-refractivity contribution >= 4 is 0 Å². The number of aromatic nitrogens is 2. The van der Waals surface area contributed by atoms with E-state index in [1.165, 1.54) is 6.39 Å². The molecule has 0 aliphatic heterocycles. The van der Waals surface area contributed by atoms with Crippen LogP contribution in [0.25, 0.3) is 0 Å². The Labute approximate surface area is 78.5 Å².